The molecule has 0 fully saturated rings. The molecule has 0 atom stereocenters. The normalized spacial score (nSPS) is 12.8. The lowest BCUT2D eigenvalue weighted by Gasteiger charge is -2.30. The zero-order valence-corrected chi connectivity index (χ0v) is 18.6. The zero-order chi connectivity index (χ0) is 24.6. The van der Waals surface area contributed by atoms with Gasteiger partial charge < -0.3 is 5.32 Å². The van der Waals surface area contributed by atoms with Crippen LogP contribution in [0.4, 0.5) is 36.4 Å². The van der Waals surface area contributed by atoms with E-state index in [4.69, 9.17) is 0 Å². The molecule has 0 heterocycles. The summed E-state index contributed by atoms with van der Waals surface area (Å²) in [5, 5.41) is 4.31. The largest absolute Gasteiger partial charge is 0.431 e. The monoisotopic (exact) mass is 535 g/mol. The van der Waals surface area contributed by atoms with E-state index >= 15 is 0 Å². The third-order valence-corrected chi connectivity index (χ3v) is 5.70. The fourth-order valence-corrected chi connectivity index (χ4v) is 3.75. The van der Waals surface area contributed by atoms with Crippen LogP contribution in [0.5, 0.6) is 0 Å². The molecule has 3 aromatic carbocycles. The van der Waals surface area contributed by atoms with E-state index in [1.807, 2.05) is 18.2 Å². The van der Waals surface area contributed by atoms with Crippen LogP contribution in [0.3, 0.4) is 0 Å². The maximum atomic E-state index is 14.1. The van der Waals surface area contributed by atoms with Crippen molar-refractivity contribution in [2.45, 2.75) is 37.8 Å². The molecular weight excluding hydrogens is 519 g/mol. The smallest absolute Gasteiger partial charge is 0.322 e. The summed E-state index contributed by atoms with van der Waals surface area (Å²) >= 11 is 3.36. The molecule has 0 saturated heterocycles. The summed E-state index contributed by atoms with van der Waals surface area (Å²) in [5.74, 6) is -0.507. The number of fused-ring (bicyclic) bond motifs is 1. The summed E-state index contributed by atoms with van der Waals surface area (Å²) < 4.78 is 92.3. The van der Waals surface area contributed by atoms with Crippen LogP contribution in [-0.4, -0.2) is 23.9 Å². The molecule has 0 aliphatic rings. The molecule has 3 aromatic rings. The number of carbonyl (C=O) groups is 1. The molecule has 0 radical (unpaired) electrons. The first-order valence-electron chi connectivity index (χ1n) is 9.70. The van der Waals surface area contributed by atoms with E-state index in [1.54, 1.807) is 25.1 Å². The van der Waals surface area contributed by atoms with Gasteiger partial charge >= 0.3 is 18.0 Å². The summed E-state index contributed by atoms with van der Waals surface area (Å²) in [6.45, 7) is 1.61. The fourth-order valence-electron chi connectivity index (χ4n) is 3.37. The van der Waals surface area contributed by atoms with Crippen molar-refractivity contribution in [1.82, 2.24) is 0 Å². The minimum absolute atomic E-state index is 0.187. The first-order valence-corrected chi connectivity index (χ1v) is 10.5. The van der Waals surface area contributed by atoms with Crippen LogP contribution < -0.4 is 5.32 Å². The predicted octanol–water partition coefficient (Wildman–Crippen LogP) is 7.79. The summed E-state index contributed by atoms with van der Waals surface area (Å²) in [7, 11) is 0. The van der Waals surface area contributed by atoms with Gasteiger partial charge in [-0.05, 0) is 58.7 Å². The van der Waals surface area contributed by atoms with Gasteiger partial charge in [0, 0.05) is 22.1 Å². The Kier molecular flexibility index (Phi) is 6.79. The number of benzene rings is 3. The van der Waals surface area contributed by atoms with Crippen LogP contribution in [0.15, 0.2) is 59.1 Å². The molecule has 0 unspecified atom stereocenters. The van der Waals surface area contributed by atoms with Gasteiger partial charge in [-0.25, -0.2) is 4.39 Å². The van der Waals surface area contributed by atoms with Gasteiger partial charge in [0.05, 0.1) is 0 Å². The molecular formula is C23H17BrF7NO. The van der Waals surface area contributed by atoms with E-state index < -0.39 is 35.9 Å². The van der Waals surface area contributed by atoms with Crippen LogP contribution in [0, 0.1) is 0 Å². The van der Waals surface area contributed by atoms with Crippen LogP contribution >= 0.6 is 15.9 Å². The van der Waals surface area contributed by atoms with Gasteiger partial charge in [0.25, 0.3) is 5.91 Å². The highest BCUT2D eigenvalue weighted by atomic mass is 79.9. The van der Waals surface area contributed by atoms with E-state index in [0.29, 0.717) is 5.56 Å². The van der Waals surface area contributed by atoms with Crippen LogP contribution in [-0.2, 0) is 12.8 Å². The summed E-state index contributed by atoms with van der Waals surface area (Å²) in [4.78, 5) is 12.7. The minimum Gasteiger partial charge on any atom is -0.322 e. The van der Waals surface area contributed by atoms with Crippen LogP contribution in [0.2, 0.25) is 0 Å². The van der Waals surface area contributed by atoms with Crippen molar-refractivity contribution in [3.8, 4) is 0 Å². The fraction of sp³-hybridized carbons (Fsp3) is 0.261. The number of amides is 1. The van der Waals surface area contributed by atoms with Gasteiger partial charge in [0.2, 0.25) is 0 Å². The Hall–Kier alpha value is -2.62. The van der Waals surface area contributed by atoms with Crippen molar-refractivity contribution < 1.29 is 35.5 Å². The molecule has 0 spiro atoms. The first kappa shape index (κ1) is 25.0. The highest BCUT2D eigenvalue weighted by Gasteiger charge is 2.72. The lowest BCUT2D eigenvalue weighted by Crippen LogP contribution is -2.54. The Morgan fingerprint density at radius 1 is 0.848 bits per heavy atom. The number of aryl methyl sites for hydroxylation is 1. The second kappa shape index (κ2) is 8.96. The number of alkyl halides is 7. The van der Waals surface area contributed by atoms with Crippen molar-refractivity contribution in [2.24, 2.45) is 0 Å². The standard InChI is InChI=1S/C23H17BrF7NO/c1-2-14-9-13(12-21(25,22(26,27)28)23(29,30)31)3-8-19(14)32-20(33)17-5-4-16-11-18(24)7-6-15(16)10-17/h3-11H,2,12H2,1H3,(H,32,33). The van der Waals surface area contributed by atoms with Crippen molar-refractivity contribution in [1.29, 1.82) is 0 Å². The van der Waals surface area contributed by atoms with E-state index in [2.05, 4.69) is 21.2 Å². The van der Waals surface area contributed by atoms with Gasteiger partial charge in [0.15, 0.2) is 0 Å². The summed E-state index contributed by atoms with van der Waals surface area (Å²) in [5.41, 5.74) is -5.07. The predicted molar refractivity (Wildman–Crippen MR) is 115 cm³/mol. The second-order valence-corrected chi connectivity index (χ2v) is 8.39. The molecule has 0 aliphatic carbocycles. The topological polar surface area (TPSA) is 29.1 Å². The van der Waals surface area contributed by atoms with Gasteiger partial charge in [-0.15, -0.1) is 0 Å². The van der Waals surface area contributed by atoms with E-state index in [0.717, 1.165) is 27.4 Å². The Morgan fingerprint density at radius 3 is 2.06 bits per heavy atom. The maximum absolute atomic E-state index is 14.1. The molecule has 3 rings (SSSR count). The molecule has 0 aliphatic heterocycles. The zero-order valence-electron chi connectivity index (χ0n) is 17.0. The van der Waals surface area contributed by atoms with Gasteiger partial charge in [-0.1, -0.05) is 47.1 Å². The maximum Gasteiger partial charge on any atom is 0.431 e. The number of carbonyl (C=O) groups excluding carboxylic acids is 1. The first-order chi connectivity index (χ1) is 15.2. The number of hydrogen-bond donors (Lipinski definition) is 1. The second-order valence-electron chi connectivity index (χ2n) is 7.48. The molecule has 0 bridgehead atoms. The average Bonchev–Trinajstić information content (AvgIpc) is 2.72. The lowest BCUT2D eigenvalue weighted by molar-refractivity contribution is -0.340. The lowest BCUT2D eigenvalue weighted by atomic mass is 9.93. The molecule has 176 valence electrons. The van der Waals surface area contributed by atoms with E-state index in [-0.39, 0.29) is 17.7 Å². The SMILES string of the molecule is CCc1cc(CC(F)(C(F)(F)F)C(F)(F)F)ccc1NC(=O)c1ccc2cc(Br)ccc2c1. The molecule has 0 saturated carbocycles. The van der Waals surface area contributed by atoms with Gasteiger partial charge in [-0.2, -0.15) is 26.3 Å². The molecule has 0 aromatic heterocycles. The number of halogens is 8. The third kappa shape index (κ3) is 5.15. The number of nitrogens with one attached hydrogen (secondary N) is 1. The Labute approximate surface area is 192 Å². The summed E-state index contributed by atoms with van der Waals surface area (Å²) in [6.07, 6.45) is -14.0. The third-order valence-electron chi connectivity index (χ3n) is 5.21. The highest BCUT2D eigenvalue weighted by molar-refractivity contribution is 9.10. The Balaban J connectivity index is 1.87. The van der Waals surface area contributed by atoms with Gasteiger partial charge in [-0.3, -0.25) is 4.79 Å². The number of hydrogen-bond acceptors (Lipinski definition) is 1. The molecule has 1 amide bonds. The van der Waals surface area contributed by atoms with Crippen molar-refractivity contribution in [3.05, 3.63) is 75.8 Å². The number of anilines is 1. The van der Waals surface area contributed by atoms with E-state index in [9.17, 15) is 35.5 Å². The molecule has 1 N–H and O–H groups in total. The molecule has 33 heavy (non-hydrogen) atoms. The van der Waals surface area contributed by atoms with Crippen molar-refractivity contribution in [2.75, 3.05) is 5.32 Å². The summed E-state index contributed by atoms with van der Waals surface area (Å²) in [6, 6.07) is 13.6. The van der Waals surface area contributed by atoms with E-state index in [1.165, 1.54) is 6.07 Å². The highest BCUT2D eigenvalue weighted by Crippen LogP contribution is 2.48. The Morgan fingerprint density at radius 2 is 1.45 bits per heavy atom. The van der Waals surface area contributed by atoms with Crippen molar-refractivity contribution in [3.63, 3.8) is 0 Å². The quantitative estimate of drug-likeness (QED) is 0.332. The van der Waals surface area contributed by atoms with Crippen LogP contribution in [0.25, 0.3) is 10.8 Å². The van der Waals surface area contributed by atoms with Crippen molar-refractivity contribution >= 4 is 38.3 Å². The number of rotatable bonds is 5. The van der Waals surface area contributed by atoms with Crippen LogP contribution in [0.1, 0.15) is 28.4 Å². The van der Waals surface area contributed by atoms with Gasteiger partial charge in [0.1, 0.15) is 0 Å². The average molecular weight is 536 g/mol. The molecule has 10 heteroatoms. The minimum atomic E-state index is -6.13. The Bertz CT molecular complexity index is 1170. The molecule has 2 nitrogen and oxygen atoms in total.